The minimum atomic E-state index is -0.761. The third-order valence-corrected chi connectivity index (χ3v) is 4.57. The molecule has 138 valence electrons. The summed E-state index contributed by atoms with van der Waals surface area (Å²) in [7, 11) is 0. The molecule has 2 aromatic carbocycles. The van der Waals surface area contributed by atoms with Crippen molar-refractivity contribution in [1.82, 2.24) is 0 Å². The number of benzene rings is 2. The van der Waals surface area contributed by atoms with Crippen LogP contribution in [0.15, 0.2) is 48.5 Å². The van der Waals surface area contributed by atoms with E-state index in [2.05, 4.69) is 6.07 Å². The van der Waals surface area contributed by atoms with Gasteiger partial charge in [0.2, 0.25) is 5.06 Å². The number of hydrogen-bond acceptors (Lipinski definition) is 7. The van der Waals surface area contributed by atoms with E-state index in [9.17, 15) is 4.79 Å². The number of fused-ring (bicyclic) bond motifs is 1. The minimum absolute atomic E-state index is 0.234. The molecule has 0 aliphatic heterocycles. The van der Waals surface area contributed by atoms with Crippen LogP contribution in [0.1, 0.15) is 12.5 Å². The zero-order valence-electron chi connectivity index (χ0n) is 14.6. The van der Waals surface area contributed by atoms with Gasteiger partial charge in [-0.3, -0.25) is 0 Å². The number of carbonyl (C=O) groups is 1. The Bertz CT molecular complexity index is 959. The second-order valence-electron chi connectivity index (χ2n) is 5.33. The van der Waals surface area contributed by atoms with Crippen LogP contribution in [-0.4, -0.2) is 26.0 Å². The van der Waals surface area contributed by atoms with Crippen LogP contribution in [0, 0.1) is 11.3 Å². The van der Waals surface area contributed by atoms with E-state index in [1.165, 1.54) is 11.3 Å². The van der Waals surface area contributed by atoms with Gasteiger partial charge < -0.3 is 18.9 Å². The number of nitrogens with zero attached hydrogens (tertiary/aromatic N) is 1. The van der Waals surface area contributed by atoms with E-state index in [4.69, 9.17) is 24.2 Å². The summed E-state index contributed by atoms with van der Waals surface area (Å²) in [6.07, 6.45) is -0.761. The summed E-state index contributed by atoms with van der Waals surface area (Å²) < 4.78 is 22.5. The Labute approximate surface area is 160 Å². The van der Waals surface area contributed by atoms with Crippen LogP contribution >= 0.6 is 11.3 Å². The number of thiophene rings is 1. The van der Waals surface area contributed by atoms with E-state index >= 15 is 0 Å². The maximum absolute atomic E-state index is 11.7. The Hall–Kier alpha value is -3.24. The minimum Gasteiger partial charge on any atom is -0.490 e. The molecule has 1 heterocycles. The smallest absolute Gasteiger partial charge is 0.490 e. The maximum atomic E-state index is 11.7. The van der Waals surface area contributed by atoms with E-state index in [0.717, 1.165) is 10.1 Å². The number of rotatable bonds is 7. The Morgan fingerprint density at radius 2 is 1.81 bits per heavy atom. The fourth-order valence-corrected chi connectivity index (χ4v) is 3.34. The molecule has 27 heavy (non-hydrogen) atoms. The molecule has 0 unspecified atom stereocenters. The Morgan fingerprint density at radius 3 is 2.56 bits per heavy atom. The van der Waals surface area contributed by atoms with Crippen molar-refractivity contribution in [3.05, 3.63) is 54.1 Å². The quantitative estimate of drug-likeness (QED) is 0.432. The Kier molecular flexibility index (Phi) is 6.13. The summed E-state index contributed by atoms with van der Waals surface area (Å²) in [5, 5.41) is 10.0. The first-order valence-electron chi connectivity index (χ1n) is 8.33. The van der Waals surface area contributed by atoms with Crippen molar-refractivity contribution < 1.29 is 23.7 Å². The van der Waals surface area contributed by atoms with Gasteiger partial charge in [0, 0.05) is 10.1 Å². The van der Waals surface area contributed by atoms with Crippen LogP contribution < -0.4 is 14.2 Å². The molecule has 0 spiro atoms. The first kappa shape index (κ1) is 18.5. The highest BCUT2D eigenvalue weighted by Crippen LogP contribution is 2.44. The molecule has 0 bridgehead atoms. The molecule has 0 aliphatic carbocycles. The summed E-state index contributed by atoms with van der Waals surface area (Å²) in [5.41, 5.74) is 0.573. The molecule has 0 N–H and O–H groups in total. The van der Waals surface area contributed by atoms with Crippen molar-refractivity contribution in [2.24, 2.45) is 0 Å². The summed E-state index contributed by atoms with van der Waals surface area (Å²) in [6.45, 7) is 2.51. The number of nitriles is 1. The molecule has 0 radical (unpaired) electrons. The molecule has 0 atom stereocenters. The average Bonchev–Trinajstić information content (AvgIpc) is 3.03. The second-order valence-corrected chi connectivity index (χ2v) is 6.35. The molecule has 0 amide bonds. The van der Waals surface area contributed by atoms with Crippen LogP contribution in [0.2, 0.25) is 0 Å². The van der Waals surface area contributed by atoms with Gasteiger partial charge in [-0.15, -0.1) is 0 Å². The van der Waals surface area contributed by atoms with Gasteiger partial charge in [0.15, 0.2) is 5.75 Å². The summed E-state index contributed by atoms with van der Waals surface area (Å²) in [6, 6.07) is 16.5. The SMILES string of the molecule is CCOC(=O)Oc1sc2ccccc2c1OCCOc1ccc(C#N)cc1. The third-order valence-electron chi connectivity index (χ3n) is 3.54. The number of carbonyl (C=O) groups excluding carboxylic acids is 1. The third kappa shape index (κ3) is 4.68. The fraction of sp³-hybridized carbons (Fsp3) is 0.200. The van der Waals surface area contributed by atoms with Crippen molar-refractivity contribution in [1.29, 1.82) is 5.26 Å². The van der Waals surface area contributed by atoms with Gasteiger partial charge >= 0.3 is 6.16 Å². The first-order valence-corrected chi connectivity index (χ1v) is 9.14. The molecule has 1 aromatic heterocycles. The van der Waals surface area contributed by atoms with Gasteiger partial charge in [-0.1, -0.05) is 23.5 Å². The van der Waals surface area contributed by atoms with Gasteiger partial charge in [0.25, 0.3) is 0 Å². The van der Waals surface area contributed by atoms with Gasteiger partial charge in [-0.2, -0.15) is 5.26 Å². The topological polar surface area (TPSA) is 77.8 Å². The van der Waals surface area contributed by atoms with Crippen LogP contribution in [-0.2, 0) is 4.74 Å². The van der Waals surface area contributed by atoms with Crippen LogP contribution in [0.4, 0.5) is 4.79 Å². The van der Waals surface area contributed by atoms with Crippen molar-refractivity contribution in [2.75, 3.05) is 19.8 Å². The van der Waals surface area contributed by atoms with E-state index in [1.54, 1.807) is 31.2 Å². The normalized spacial score (nSPS) is 10.2. The first-order chi connectivity index (χ1) is 13.2. The predicted octanol–water partition coefficient (Wildman–Crippen LogP) is 4.77. The molecule has 0 fully saturated rings. The van der Waals surface area contributed by atoms with E-state index in [0.29, 0.717) is 28.7 Å². The largest absolute Gasteiger partial charge is 0.514 e. The number of ether oxygens (including phenoxy) is 4. The Balaban J connectivity index is 1.65. The lowest BCUT2D eigenvalue weighted by Crippen LogP contribution is -2.12. The standard InChI is InChI=1S/C20H17NO5S/c1-2-23-20(22)26-19-18(16-5-3-4-6-17(16)27-19)25-12-11-24-15-9-7-14(13-21)8-10-15/h3-10H,2,11-12H2,1H3. The molecule has 3 rings (SSSR count). The van der Waals surface area contributed by atoms with Crippen LogP contribution in [0.25, 0.3) is 10.1 Å². The summed E-state index contributed by atoms with van der Waals surface area (Å²) in [4.78, 5) is 11.7. The summed E-state index contributed by atoms with van der Waals surface area (Å²) >= 11 is 1.32. The monoisotopic (exact) mass is 383 g/mol. The lowest BCUT2D eigenvalue weighted by Gasteiger charge is -2.09. The van der Waals surface area contributed by atoms with Crippen molar-refractivity contribution in [2.45, 2.75) is 6.92 Å². The zero-order valence-corrected chi connectivity index (χ0v) is 15.5. The Morgan fingerprint density at radius 1 is 1.07 bits per heavy atom. The highest BCUT2D eigenvalue weighted by atomic mass is 32.1. The molecule has 0 aliphatic rings. The van der Waals surface area contributed by atoms with E-state index in [-0.39, 0.29) is 13.2 Å². The van der Waals surface area contributed by atoms with Gasteiger partial charge in [-0.05, 0) is 43.3 Å². The fourth-order valence-electron chi connectivity index (χ4n) is 2.36. The highest BCUT2D eigenvalue weighted by Gasteiger charge is 2.18. The second kappa shape index (κ2) is 8.92. The average molecular weight is 383 g/mol. The summed E-state index contributed by atoms with van der Waals surface area (Å²) in [5.74, 6) is 1.14. The van der Waals surface area contributed by atoms with Crippen LogP contribution in [0.5, 0.6) is 16.6 Å². The highest BCUT2D eigenvalue weighted by molar-refractivity contribution is 7.21. The van der Waals surface area contributed by atoms with Crippen molar-refractivity contribution >= 4 is 27.6 Å². The van der Waals surface area contributed by atoms with Crippen molar-refractivity contribution in [3.8, 4) is 22.6 Å². The van der Waals surface area contributed by atoms with E-state index in [1.807, 2.05) is 24.3 Å². The maximum Gasteiger partial charge on any atom is 0.514 e. The zero-order chi connectivity index (χ0) is 19.1. The van der Waals surface area contributed by atoms with Gasteiger partial charge in [-0.25, -0.2) is 4.79 Å². The lowest BCUT2D eigenvalue weighted by atomic mass is 10.2. The molecule has 0 saturated heterocycles. The molecular formula is C20H17NO5S. The predicted molar refractivity (Wildman–Crippen MR) is 102 cm³/mol. The van der Waals surface area contributed by atoms with Gasteiger partial charge in [0.1, 0.15) is 19.0 Å². The molecule has 7 heteroatoms. The molecular weight excluding hydrogens is 366 g/mol. The van der Waals surface area contributed by atoms with Crippen molar-refractivity contribution in [3.63, 3.8) is 0 Å². The molecule has 0 saturated carbocycles. The number of hydrogen-bond donors (Lipinski definition) is 0. The lowest BCUT2D eigenvalue weighted by molar-refractivity contribution is 0.104. The molecule has 3 aromatic rings. The van der Waals surface area contributed by atoms with Crippen LogP contribution in [0.3, 0.4) is 0 Å². The van der Waals surface area contributed by atoms with E-state index < -0.39 is 6.16 Å². The molecule has 6 nitrogen and oxygen atoms in total. The van der Waals surface area contributed by atoms with Gasteiger partial charge in [0.05, 0.1) is 18.2 Å².